The lowest BCUT2D eigenvalue weighted by molar-refractivity contribution is -0.139. The third-order valence-electron chi connectivity index (χ3n) is 4.22. The van der Waals surface area contributed by atoms with E-state index in [2.05, 4.69) is 20.4 Å². The van der Waals surface area contributed by atoms with E-state index in [0.29, 0.717) is 12.2 Å². The van der Waals surface area contributed by atoms with E-state index in [9.17, 15) is 4.79 Å². The van der Waals surface area contributed by atoms with Gasteiger partial charge in [-0.3, -0.25) is 0 Å². The molecule has 0 fully saturated rings. The molecule has 2 nitrogen and oxygen atoms in total. The van der Waals surface area contributed by atoms with Gasteiger partial charge in [0.1, 0.15) is 0 Å². The molecule has 0 radical (unpaired) electrons. The SMILES string of the molecule is C=C(C)C(=O)OCCCCCCCCCC(C)CCCCC. The summed E-state index contributed by atoms with van der Waals surface area (Å²) in [4.78, 5) is 11.2. The highest BCUT2D eigenvalue weighted by molar-refractivity contribution is 5.86. The number of carbonyl (C=O) groups excluding carboxylic acids is 1. The van der Waals surface area contributed by atoms with E-state index >= 15 is 0 Å². The molecule has 22 heavy (non-hydrogen) atoms. The lowest BCUT2D eigenvalue weighted by Crippen LogP contribution is -2.05. The second kappa shape index (κ2) is 15.1. The summed E-state index contributed by atoms with van der Waals surface area (Å²) in [6.45, 7) is 10.5. The zero-order valence-corrected chi connectivity index (χ0v) is 15.3. The average molecular weight is 311 g/mol. The Kier molecular flexibility index (Phi) is 14.6. The standard InChI is InChI=1S/C20H38O2/c1-5-6-12-15-19(4)16-13-10-8-7-9-11-14-17-22-20(21)18(2)3/h19H,2,5-17H2,1,3-4H3. The lowest BCUT2D eigenvalue weighted by atomic mass is 9.96. The third-order valence-corrected chi connectivity index (χ3v) is 4.22. The normalized spacial score (nSPS) is 12.1. The minimum absolute atomic E-state index is 0.256. The van der Waals surface area contributed by atoms with Crippen LogP contribution < -0.4 is 0 Å². The Balaban J connectivity index is 3.20. The Hall–Kier alpha value is -0.790. The molecule has 0 aromatic carbocycles. The number of ether oxygens (including phenoxy) is 1. The van der Waals surface area contributed by atoms with Gasteiger partial charge < -0.3 is 4.74 Å². The number of rotatable bonds is 15. The average Bonchev–Trinajstić information content (AvgIpc) is 2.49. The maximum Gasteiger partial charge on any atom is 0.333 e. The van der Waals surface area contributed by atoms with Crippen molar-refractivity contribution in [1.29, 1.82) is 0 Å². The molecule has 0 aliphatic rings. The largest absolute Gasteiger partial charge is 0.462 e. The van der Waals surface area contributed by atoms with Gasteiger partial charge in [0.15, 0.2) is 0 Å². The molecular formula is C20H38O2. The van der Waals surface area contributed by atoms with Gasteiger partial charge in [-0.05, 0) is 19.3 Å². The van der Waals surface area contributed by atoms with E-state index in [1.807, 2.05) is 0 Å². The summed E-state index contributed by atoms with van der Waals surface area (Å²) in [6.07, 6.45) is 15.8. The Bertz CT molecular complexity index is 283. The van der Waals surface area contributed by atoms with Crippen molar-refractivity contribution in [3.8, 4) is 0 Å². The van der Waals surface area contributed by atoms with E-state index in [-0.39, 0.29) is 5.97 Å². The molecule has 0 spiro atoms. The molecule has 0 saturated heterocycles. The second-order valence-electron chi connectivity index (χ2n) is 6.78. The predicted octanol–water partition coefficient (Wildman–Crippen LogP) is 6.44. The van der Waals surface area contributed by atoms with Crippen molar-refractivity contribution in [2.45, 2.75) is 97.8 Å². The van der Waals surface area contributed by atoms with Crippen LogP contribution in [0.15, 0.2) is 12.2 Å². The molecule has 0 amide bonds. The fourth-order valence-electron chi connectivity index (χ4n) is 2.65. The van der Waals surface area contributed by atoms with Crippen LogP contribution in [0.2, 0.25) is 0 Å². The van der Waals surface area contributed by atoms with Crippen LogP contribution in [0.3, 0.4) is 0 Å². The van der Waals surface area contributed by atoms with Crippen molar-refractivity contribution in [2.75, 3.05) is 6.61 Å². The van der Waals surface area contributed by atoms with E-state index in [1.54, 1.807) is 6.92 Å². The Morgan fingerprint density at radius 3 is 1.95 bits per heavy atom. The number of hydrogen-bond donors (Lipinski definition) is 0. The van der Waals surface area contributed by atoms with Crippen molar-refractivity contribution in [3.63, 3.8) is 0 Å². The summed E-state index contributed by atoms with van der Waals surface area (Å²) >= 11 is 0. The molecule has 0 bridgehead atoms. The first-order chi connectivity index (χ1) is 10.6. The highest BCUT2D eigenvalue weighted by atomic mass is 16.5. The lowest BCUT2D eigenvalue weighted by Gasteiger charge is -2.10. The number of unbranched alkanes of at least 4 members (excludes halogenated alkanes) is 8. The van der Waals surface area contributed by atoms with Gasteiger partial charge in [0.05, 0.1) is 6.61 Å². The summed E-state index contributed by atoms with van der Waals surface area (Å²) in [5.41, 5.74) is 0.490. The van der Waals surface area contributed by atoms with Gasteiger partial charge in [-0.1, -0.05) is 91.1 Å². The molecule has 0 aromatic rings. The molecule has 0 heterocycles. The highest BCUT2D eigenvalue weighted by Gasteiger charge is 2.03. The van der Waals surface area contributed by atoms with Crippen LogP contribution in [0.25, 0.3) is 0 Å². The van der Waals surface area contributed by atoms with Crippen molar-refractivity contribution < 1.29 is 9.53 Å². The molecule has 1 atom stereocenters. The smallest absolute Gasteiger partial charge is 0.333 e. The zero-order valence-electron chi connectivity index (χ0n) is 15.3. The van der Waals surface area contributed by atoms with E-state index < -0.39 is 0 Å². The van der Waals surface area contributed by atoms with E-state index in [4.69, 9.17) is 4.74 Å². The molecule has 0 aliphatic heterocycles. The van der Waals surface area contributed by atoms with Crippen LogP contribution in [0, 0.1) is 5.92 Å². The van der Waals surface area contributed by atoms with Gasteiger partial charge in [0, 0.05) is 5.57 Å². The van der Waals surface area contributed by atoms with Gasteiger partial charge >= 0.3 is 5.97 Å². The molecule has 0 aliphatic carbocycles. The van der Waals surface area contributed by atoms with Crippen LogP contribution >= 0.6 is 0 Å². The summed E-state index contributed by atoms with van der Waals surface area (Å²) in [6, 6.07) is 0. The molecule has 0 rings (SSSR count). The van der Waals surface area contributed by atoms with E-state index in [0.717, 1.165) is 18.8 Å². The second-order valence-corrected chi connectivity index (χ2v) is 6.78. The van der Waals surface area contributed by atoms with Crippen LogP contribution in [0.5, 0.6) is 0 Å². The maximum absolute atomic E-state index is 11.2. The first-order valence-electron chi connectivity index (χ1n) is 9.40. The van der Waals surface area contributed by atoms with Gasteiger partial charge in [-0.15, -0.1) is 0 Å². The number of carbonyl (C=O) groups is 1. The van der Waals surface area contributed by atoms with Crippen molar-refractivity contribution >= 4 is 5.97 Å². The van der Waals surface area contributed by atoms with Crippen LogP contribution in [-0.4, -0.2) is 12.6 Å². The zero-order chi connectivity index (χ0) is 16.6. The monoisotopic (exact) mass is 310 g/mol. The van der Waals surface area contributed by atoms with Gasteiger partial charge in [-0.2, -0.15) is 0 Å². The van der Waals surface area contributed by atoms with Gasteiger partial charge in [0.25, 0.3) is 0 Å². The van der Waals surface area contributed by atoms with Crippen molar-refractivity contribution in [2.24, 2.45) is 5.92 Å². The molecule has 130 valence electrons. The molecule has 0 aromatic heterocycles. The van der Waals surface area contributed by atoms with E-state index in [1.165, 1.54) is 64.2 Å². The van der Waals surface area contributed by atoms with Crippen LogP contribution in [0.4, 0.5) is 0 Å². The molecule has 0 saturated carbocycles. The predicted molar refractivity (Wildman–Crippen MR) is 96.0 cm³/mol. The first kappa shape index (κ1) is 21.2. The van der Waals surface area contributed by atoms with Crippen molar-refractivity contribution in [1.82, 2.24) is 0 Å². The third kappa shape index (κ3) is 14.2. The minimum Gasteiger partial charge on any atom is -0.462 e. The summed E-state index contributed by atoms with van der Waals surface area (Å²) < 4.78 is 5.08. The Morgan fingerprint density at radius 2 is 1.41 bits per heavy atom. The highest BCUT2D eigenvalue weighted by Crippen LogP contribution is 2.17. The Labute approximate surface area is 138 Å². The summed E-state index contributed by atoms with van der Waals surface area (Å²) in [5.74, 6) is 0.655. The molecule has 2 heteroatoms. The fourth-order valence-corrected chi connectivity index (χ4v) is 2.65. The quantitative estimate of drug-likeness (QED) is 0.197. The van der Waals surface area contributed by atoms with Crippen LogP contribution in [-0.2, 0) is 9.53 Å². The maximum atomic E-state index is 11.2. The fraction of sp³-hybridized carbons (Fsp3) is 0.850. The Morgan fingerprint density at radius 1 is 0.909 bits per heavy atom. The first-order valence-corrected chi connectivity index (χ1v) is 9.40. The summed E-state index contributed by atoms with van der Waals surface area (Å²) in [7, 11) is 0. The van der Waals surface area contributed by atoms with Gasteiger partial charge in [-0.25, -0.2) is 4.79 Å². The van der Waals surface area contributed by atoms with Crippen LogP contribution in [0.1, 0.15) is 97.8 Å². The molecular weight excluding hydrogens is 272 g/mol. The topological polar surface area (TPSA) is 26.3 Å². The number of hydrogen-bond acceptors (Lipinski definition) is 2. The van der Waals surface area contributed by atoms with Gasteiger partial charge in [0.2, 0.25) is 0 Å². The number of esters is 1. The van der Waals surface area contributed by atoms with Crippen molar-refractivity contribution in [3.05, 3.63) is 12.2 Å². The summed E-state index contributed by atoms with van der Waals surface area (Å²) in [5, 5.41) is 0. The molecule has 0 N–H and O–H groups in total. The minimum atomic E-state index is -0.256. The molecule has 1 unspecified atom stereocenters.